The number of hydrogen-bond donors (Lipinski definition) is 1. The third-order valence-corrected chi connectivity index (χ3v) is 3.72. The van der Waals surface area contributed by atoms with Crippen molar-refractivity contribution >= 4 is 16.9 Å². The molecular formula is C20H27NO4. The number of H-pyrrole nitrogens is 1. The van der Waals surface area contributed by atoms with Crippen LogP contribution in [0, 0.1) is 11.8 Å². The van der Waals surface area contributed by atoms with Crippen molar-refractivity contribution in [3.05, 3.63) is 39.7 Å². The summed E-state index contributed by atoms with van der Waals surface area (Å²) in [5.41, 5.74) is 1.54. The Morgan fingerprint density at radius 2 is 1.88 bits per heavy atom. The Labute approximate surface area is 148 Å². The topological polar surface area (TPSA) is 68.4 Å². The van der Waals surface area contributed by atoms with Crippen LogP contribution in [0.15, 0.2) is 23.0 Å². The zero-order chi connectivity index (χ0) is 18.6. The van der Waals surface area contributed by atoms with E-state index < -0.39 is 11.5 Å². The first-order valence-corrected chi connectivity index (χ1v) is 8.82. The van der Waals surface area contributed by atoms with Crippen LogP contribution in [0.4, 0.5) is 0 Å². The van der Waals surface area contributed by atoms with E-state index in [1.807, 2.05) is 32.0 Å². The smallest absolute Gasteiger partial charge is 0.342 e. The van der Waals surface area contributed by atoms with Crippen LogP contribution in [0.2, 0.25) is 0 Å². The fourth-order valence-electron chi connectivity index (χ4n) is 2.72. The fourth-order valence-corrected chi connectivity index (χ4v) is 2.72. The number of aromatic nitrogens is 1. The van der Waals surface area contributed by atoms with E-state index in [1.54, 1.807) is 6.92 Å². The molecule has 0 aliphatic carbocycles. The summed E-state index contributed by atoms with van der Waals surface area (Å²) in [4.78, 5) is 27.8. The van der Waals surface area contributed by atoms with E-state index in [0.29, 0.717) is 23.4 Å². The number of rotatable bonds is 7. The van der Waals surface area contributed by atoms with Crippen molar-refractivity contribution in [3.8, 4) is 5.75 Å². The quantitative estimate of drug-likeness (QED) is 0.772. The molecule has 0 aliphatic heterocycles. The predicted molar refractivity (Wildman–Crippen MR) is 99.4 cm³/mol. The van der Waals surface area contributed by atoms with Crippen LogP contribution in [-0.2, 0) is 11.2 Å². The Kier molecular flexibility index (Phi) is 6.23. The van der Waals surface area contributed by atoms with Crippen LogP contribution in [0.25, 0.3) is 10.9 Å². The Hall–Kier alpha value is -2.30. The van der Waals surface area contributed by atoms with Gasteiger partial charge in [0.2, 0.25) is 0 Å². The second-order valence-electron chi connectivity index (χ2n) is 7.06. The Bertz CT molecular complexity index is 805. The molecule has 0 fully saturated rings. The molecular weight excluding hydrogens is 318 g/mol. The first-order chi connectivity index (χ1) is 11.8. The highest BCUT2D eigenvalue weighted by Gasteiger charge is 2.22. The zero-order valence-corrected chi connectivity index (χ0v) is 15.6. The minimum atomic E-state index is -0.533. The van der Waals surface area contributed by atoms with Gasteiger partial charge < -0.3 is 14.5 Å². The molecule has 0 unspecified atom stereocenters. The minimum absolute atomic E-state index is 0.0382. The van der Waals surface area contributed by atoms with E-state index in [2.05, 4.69) is 18.8 Å². The second kappa shape index (κ2) is 8.19. The third-order valence-electron chi connectivity index (χ3n) is 3.72. The van der Waals surface area contributed by atoms with Crippen molar-refractivity contribution < 1.29 is 14.3 Å². The highest BCUT2D eigenvalue weighted by Crippen LogP contribution is 2.26. The summed E-state index contributed by atoms with van der Waals surface area (Å²) in [6.07, 6.45) is 0.901. The summed E-state index contributed by atoms with van der Waals surface area (Å²) in [5.74, 6) is 0.242. The van der Waals surface area contributed by atoms with Crippen molar-refractivity contribution in [2.75, 3.05) is 13.2 Å². The number of fused-ring (bicyclic) bond motifs is 1. The summed E-state index contributed by atoms with van der Waals surface area (Å²) in [7, 11) is 0. The number of carbonyl (C=O) groups is 1. The van der Waals surface area contributed by atoms with E-state index in [1.165, 1.54) is 0 Å². The van der Waals surface area contributed by atoms with Gasteiger partial charge in [0.15, 0.2) is 5.75 Å². The number of esters is 1. The molecule has 5 nitrogen and oxygen atoms in total. The van der Waals surface area contributed by atoms with E-state index in [9.17, 15) is 9.59 Å². The minimum Gasteiger partial charge on any atom is -0.487 e. The molecule has 0 saturated carbocycles. The summed E-state index contributed by atoms with van der Waals surface area (Å²) >= 11 is 0. The van der Waals surface area contributed by atoms with Gasteiger partial charge in [0.1, 0.15) is 5.56 Å². The van der Waals surface area contributed by atoms with Crippen LogP contribution in [0.5, 0.6) is 5.75 Å². The molecule has 0 bridgehead atoms. The maximum absolute atomic E-state index is 12.5. The molecule has 5 heteroatoms. The molecule has 2 rings (SSSR count). The Balaban J connectivity index is 2.62. The average molecular weight is 345 g/mol. The first-order valence-electron chi connectivity index (χ1n) is 8.82. The SMILES string of the molecule is CCOC(=O)c1c(OCC(C)C)c(=O)[nH]c2cc(CC(C)C)ccc12. The highest BCUT2D eigenvalue weighted by molar-refractivity contribution is 6.05. The molecule has 0 saturated heterocycles. The molecule has 1 heterocycles. The molecule has 0 radical (unpaired) electrons. The van der Waals surface area contributed by atoms with E-state index in [4.69, 9.17) is 9.47 Å². The van der Waals surface area contributed by atoms with Crippen molar-refractivity contribution in [1.82, 2.24) is 4.98 Å². The highest BCUT2D eigenvalue weighted by atomic mass is 16.5. The molecule has 136 valence electrons. The Morgan fingerprint density at radius 3 is 2.48 bits per heavy atom. The number of nitrogens with one attached hydrogen (secondary N) is 1. The van der Waals surface area contributed by atoms with Gasteiger partial charge in [-0.25, -0.2) is 4.79 Å². The fraction of sp³-hybridized carbons (Fsp3) is 0.500. The van der Waals surface area contributed by atoms with Gasteiger partial charge in [0.25, 0.3) is 5.56 Å². The van der Waals surface area contributed by atoms with Crippen LogP contribution in [0.3, 0.4) is 0 Å². The number of ether oxygens (including phenoxy) is 2. The van der Waals surface area contributed by atoms with Crippen LogP contribution < -0.4 is 10.3 Å². The number of carbonyl (C=O) groups excluding carboxylic acids is 1. The van der Waals surface area contributed by atoms with Crippen molar-refractivity contribution in [3.63, 3.8) is 0 Å². The van der Waals surface area contributed by atoms with Gasteiger partial charge in [-0.1, -0.05) is 39.8 Å². The van der Waals surface area contributed by atoms with Gasteiger partial charge in [0, 0.05) is 10.9 Å². The van der Waals surface area contributed by atoms with E-state index >= 15 is 0 Å². The lowest BCUT2D eigenvalue weighted by Crippen LogP contribution is -2.20. The summed E-state index contributed by atoms with van der Waals surface area (Å²) in [6.45, 7) is 10.6. The van der Waals surface area contributed by atoms with Crippen LogP contribution in [-0.4, -0.2) is 24.2 Å². The maximum atomic E-state index is 12.5. The molecule has 0 aliphatic rings. The molecule has 0 amide bonds. The van der Waals surface area contributed by atoms with Gasteiger partial charge in [-0.2, -0.15) is 0 Å². The number of hydrogen-bond acceptors (Lipinski definition) is 4. The summed E-state index contributed by atoms with van der Waals surface area (Å²) < 4.78 is 10.8. The average Bonchev–Trinajstić information content (AvgIpc) is 2.51. The molecule has 25 heavy (non-hydrogen) atoms. The standard InChI is InChI=1S/C20H27NO4/c1-6-24-20(23)17-15-8-7-14(9-12(2)3)10-16(15)21-19(22)18(17)25-11-13(4)5/h7-8,10,12-13H,6,9,11H2,1-5H3,(H,21,22). The third kappa shape index (κ3) is 4.62. The largest absolute Gasteiger partial charge is 0.487 e. The molecule has 1 N–H and O–H groups in total. The van der Waals surface area contributed by atoms with E-state index in [0.717, 1.165) is 12.0 Å². The number of benzene rings is 1. The van der Waals surface area contributed by atoms with Gasteiger partial charge in [-0.15, -0.1) is 0 Å². The molecule has 2 aromatic rings. The lowest BCUT2D eigenvalue weighted by Gasteiger charge is -2.15. The van der Waals surface area contributed by atoms with Crippen molar-refractivity contribution in [1.29, 1.82) is 0 Å². The van der Waals surface area contributed by atoms with Gasteiger partial charge in [-0.3, -0.25) is 4.79 Å². The van der Waals surface area contributed by atoms with Crippen LogP contribution >= 0.6 is 0 Å². The summed E-state index contributed by atoms with van der Waals surface area (Å²) in [5, 5.41) is 0.643. The maximum Gasteiger partial charge on any atom is 0.342 e. The van der Waals surface area contributed by atoms with Crippen LogP contribution in [0.1, 0.15) is 50.5 Å². The molecule has 0 spiro atoms. The molecule has 1 aromatic carbocycles. The Morgan fingerprint density at radius 1 is 1.16 bits per heavy atom. The monoisotopic (exact) mass is 345 g/mol. The normalized spacial score (nSPS) is 11.3. The first kappa shape index (κ1) is 19.0. The number of aromatic amines is 1. The van der Waals surface area contributed by atoms with Gasteiger partial charge in [-0.05, 0) is 36.8 Å². The molecule has 1 aromatic heterocycles. The molecule has 0 atom stereocenters. The lowest BCUT2D eigenvalue weighted by molar-refractivity contribution is 0.0523. The lowest BCUT2D eigenvalue weighted by atomic mass is 9.99. The zero-order valence-electron chi connectivity index (χ0n) is 15.6. The van der Waals surface area contributed by atoms with Gasteiger partial charge in [0.05, 0.1) is 13.2 Å². The summed E-state index contributed by atoms with van der Waals surface area (Å²) in [6, 6.07) is 5.76. The van der Waals surface area contributed by atoms with Crippen molar-refractivity contribution in [2.24, 2.45) is 11.8 Å². The van der Waals surface area contributed by atoms with Gasteiger partial charge >= 0.3 is 5.97 Å². The van der Waals surface area contributed by atoms with Crippen molar-refractivity contribution in [2.45, 2.75) is 41.0 Å². The number of pyridine rings is 1. The predicted octanol–water partition coefficient (Wildman–Crippen LogP) is 3.94. The van der Waals surface area contributed by atoms with E-state index in [-0.39, 0.29) is 23.8 Å². The second-order valence-corrected chi connectivity index (χ2v) is 7.06.